The summed E-state index contributed by atoms with van der Waals surface area (Å²) >= 11 is 12.7. The minimum atomic E-state index is -0.913. The van der Waals surface area contributed by atoms with Crippen LogP contribution in [0.3, 0.4) is 0 Å². The number of halogens is 2. The van der Waals surface area contributed by atoms with Crippen LogP contribution in [0.4, 0.5) is 4.79 Å². The van der Waals surface area contributed by atoms with Crippen LogP contribution in [0.1, 0.15) is 48.8 Å². The number of nitrogens with one attached hydrogen (secondary N) is 1. The quantitative estimate of drug-likeness (QED) is 0.697. The van der Waals surface area contributed by atoms with Gasteiger partial charge in [0.25, 0.3) is 0 Å². The summed E-state index contributed by atoms with van der Waals surface area (Å²) in [6.45, 7) is 1.40. The number of carbonyl (C=O) groups excluding carboxylic acids is 2. The fourth-order valence-corrected chi connectivity index (χ4v) is 5.30. The molecule has 3 amide bonds. The molecular formula is C23H19Cl2N3O2. The second kappa shape index (κ2) is 7.79. The number of urea groups is 1. The highest BCUT2D eigenvalue weighted by atomic mass is 35.5. The third-order valence-corrected chi connectivity index (χ3v) is 6.24. The Morgan fingerprint density at radius 1 is 1.17 bits per heavy atom. The van der Waals surface area contributed by atoms with Gasteiger partial charge in [-0.25, -0.2) is 4.79 Å². The zero-order valence-electron chi connectivity index (χ0n) is 16.3. The van der Waals surface area contributed by atoms with Crippen molar-refractivity contribution < 1.29 is 9.59 Å². The van der Waals surface area contributed by atoms with Gasteiger partial charge in [0.1, 0.15) is 5.54 Å². The molecule has 5 nitrogen and oxygen atoms in total. The van der Waals surface area contributed by atoms with Gasteiger partial charge in [0, 0.05) is 28.6 Å². The first-order valence-electron chi connectivity index (χ1n) is 9.65. The molecule has 2 unspecified atom stereocenters. The Bertz CT molecular complexity index is 1080. The first-order chi connectivity index (χ1) is 14.4. The summed E-state index contributed by atoms with van der Waals surface area (Å²) in [6.07, 6.45) is 4.24. The number of carbonyl (C=O) groups is 2. The lowest BCUT2D eigenvalue weighted by atomic mass is 9.68. The minimum Gasteiger partial charge on any atom is -0.309 e. The van der Waals surface area contributed by atoms with E-state index >= 15 is 0 Å². The molecule has 0 spiro atoms. The van der Waals surface area contributed by atoms with Crippen molar-refractivity contribution in [3.8, 4) is 6.07 Å². The molecule has 2 aliphatic rings. The molecule has 152 valence electrons. The second-order valence-electron chi connectivity index (χ2n) is 7.59. The van der Waals surface area contributed by atoms with E-state index in [4.69, 9.17) is 23.2 Å². The predicted octanol–water partition coefficient (Wildman–Crippen LogP) is 5.38. The van der Waals surface area contributed by atoms with Crippen molar-refractivity contribution in [2.45, 2.75) is 37.6 Å². The van der Waals surface area contributed by atoms with Crippen molar-refractivity contribution in [1.29, 1.82) is 5.26 Å². The predicted molar refractivity (Wildman–Crippen MR) is 115 cm³/mol. The summed E-state index contributed by atoms with van der Waals surface area (Å²) in [5.41, 5.74) is 2.00. The average molecular weight is 440 g/mol. The molecule has 1 heterocycles. The van der Waals surface area contributed by atoms with Gasteiger partial charge in [0.05, 0.1) is 11.6 Å². The normalized spacial score (nSPS) is 21.3. The number of hydrogen-bond acceptors (Lipinski definition) is 3. The van der Waals surface area contributed by atoms with Gasteiger partial charge in [-0.1, -0.05) is 41.4 Å². The van der Waals surface area contributed by atoms with E-state index in [0.29, 0.717) is 22.0 Å². The number of rotatable bonds is 3. The highest BCUT2D eigenvalue weighted by molar-refractivity contribution is 6.34. The SMILES string of the molecule is CC(=O)N1C(=O)NC2=CCCCC21C(c1ccc(C#N)cc1)c1cc(Cl)cc(Cl)c1. The summed E-state index contributed by atoms with van der Waals surface area (Å²) in [5.74, 6) is -0.736. The Kier molecular flexibility index (Phi) is 5.31. The van der Waals surface area contributed by atoms with Crippen molar-refractivity contribution >= 4 is 35.1 Å². The zero-order chi connectivity index (χ0) is 21.5. The van der Waals surface area contributed by atoms with E-state index in [0.717, 1.165) is 29.7 Å². The van der Waals surface area contributed by atoms with E-state index in [9.17, 15) is 14.9 Å². The number of allylic oxidation sites excluding steroid dienone is 1. The molecule has 7 heteroatoms. The Balaban J connectivity index is 2.01. The summed E-state index contributed by atoms with van der Waals surface area (Å²) in [5, 5.41) is 13.1. The van der Waals surface area contributed by atoms with E-state index < -0.39 is 17.5 Å². The van der Waals surface area contributed by atoms with Crippen molar-refractivity contribution in [1.82, 2.24) is 10.2 Å². The number of amides is 3. The van der Waals surface area contributed by atoms with Crippen LogP contribution in [-0.4, -0.2) is 22.4 Å². The van der Waals surface area contributed by atoms with Crippen LogP contribution < -0.4 is 5.32 Å². The van der Waals surface area contributed by atoms with Gasteiger partial charge < -0.3 is 5.32 Å². The molecule has 2 aromatic carbocycles. The van der Waals surface area contributed by atoms with Crippen LogP contribution in [0.5, 0.6) is 0 Å². The van der Waals surface area contributed by atoms with Crippen molar-refractivity contribution in [3.05, 3.63) is 81.0 Å². The van der Waals surface area contributed by atoms with Crippen molar-refractivity contribution in [3.63, 3.8) is 0 Å². The van der Waals surface area contributed by atoms with Crippen molar-refractivity contribution in [2.24, 2.45) is 0 Å². The van der Waals surface area contributed by atoms with E-state index in [2.05, 4.69) is 11.4 Å². The largest absolute Gasteiger partial charge is 0.329 e. The number of nitrogens with zero attached hydrogens (tertiary/aromatic N) is 2. The molecule has 2 aromatic rings. The van der Waals surface area contributed by atoms with Crippen LogP contribution >= 0.6 is 23.2 Å². The first-order valence-corrected chi connectivity index (χ1v) is 10.4. The summed E-state index contributed by atoms with van der Waals surface area (Å²) in [6, 6.07) is 14.2. The van der Waals surface area contributed by atoms with Crippen LogP contribution in [0.25, 0.3) is 0 Å². The van der Waals surface area contributed by atoms with E-state index in [1.165, 1.54) is 11.8 Å². The van der Waals surface area contributed by atoms with E-state index in [1.807, 2.05) is 30.3 Å². The summed E-state index contributed by atoms with van der Waals surface area (Å²) in [7, 11) is 0. The number of nitriles is 1. The maximum atomic E-state index is 12.8. The van der Waals surface area contributed by atoms with Gasteiger partial charge in [-0.05, 0) is 60.7 Å². The van der Waals surface area contributed by atoms with Gasteiger partial charge in [-0.3, -0.25) is 9.69 Å². The Morgan fingerprint density at radius 3 is 2.43 bits per heavy atom. The maximum Gasteiger partial charge on any atom is 0.329 e. The molecule has 4 rings (SSSR count). The molecule has 1 saturated heterocycles. The van der Waals surface area contributed by atoms with Crippen molar-refractivity contribution in [2.75, 3.05) is 0 Å². The number of hydrogen-bond donors (Lipinski definition) is 1. The van der Waals surface area contributed by atoms with Gasteiger partial charge in [-0.2, -0.15) is 5.26 Å². The summed E-state index contributed by atoms with van der Waals surface area (Å²) in [4.78, 5) is 26.8. The fraction of sp³-hybridized carbons (Fsp3) is 0.261. The average Bonchev–Trinajstić information content (AvgIpc) is 3.00. The highest BCUT2D eigenvalue weighted by Crippen LogP contribution is 2.51. The molecular weight excluding hydrogens is 421 g/mol. The molecule has 0 bridgehead atoms. The van der Waals surface area contributed by atoms with E-state index in [1.54, 1.807) is 18.2 Å². The van der Waals surface area contributed by atoms with Crippen LogP contribution in [-0.2, 0) is 4.79 Å². The Morgan fingerprint density at radius 2 is 1.83 bits per heavy atom. The van der Waals surface area contributed by atoms with Crippen LogP contribution in [0.2, 0.25) is 10.0 Å². The molecule has 30 heavy (non-hydrogen) atoms. The molecule has 1 N–H and O–H groups in total. The smallest absolute Gasteiger partial charge is 0.309 e. The molecule has 0 radical (unpaired) electrons. The zero-order valence-corrected chi connectivity index (χ0v) is 17.8. The molecule has 0 saturated carbocycles. The highest BCUT2D eigenvalue weighted by Gasteiger charge is 2.57. The molecule has 1 aliphatic carbocycles. The number of benzene rings is 2. The molecule has 0 aromatic heterocycles. The lowest BCUT2D eigenvalue weighted by molar-refractivity contribution is -0.129. The topological polar surface area (TPSA) is 73.2 Å². The minimum absolute atomic E-state index is 0.329. The fourth-order valence-electron chi connectivity index (χ4n) is 4.76. The Hall–Kier alpha value is -2.81. The second-order valence-corrected chi connectivity index (χ2v) is 8.46. The third-order valence-electron chi connectivity index (χ3n) is 5.80. The Labute approximate surface area is 184 Å². The molecule has 2 atom stereocenters. The maximum absolute atomic E-state index is 12.8. The van der Waals surface area contributed by atoms with Crippen LogP contribution in [0.15, 0.2) is 54.2 Å². The first kappa shape index (κ1) is 20.5. The van der Waals surface area contributed by atoms with Crippen LogP contribution in [0, 0.1) is 11.3 Å². The molecule has 1 aliphatic heterocycles. The van der Waals surface area contributed by atoms with E-state index in [-0.39, 0.29) is 5.91 Å². The van der Waals surface area contributed by atoms with Gasteiger partial charge >= 0.3 is 6.03 Å². The molecule has 1 fully saturated rings. The van der Waals surface area contributed by atoms with Gasteiger partial charge in [0.2, 0.25) is 5.91 Å². The lowest BCUT2D eigenvalue weighted by Crippen LogP contribution is -2.53. The number of fused-ring (bicyclic) bond motifs is 1. The monoisotopic (exact) mass is 439 g/mol. The van der Waals surface area contributed by atoms with Gasteiger partial charge in [-0.15, -0.1) is 0 Å². The number of imide groups is 1. The van der Waals surface area contributed by atoms with Gasteiger partial charge in [0.15, 0.2) is 0 Å². The summed E-state index contributed by atoms with van der Waals surface area (Å²) < 4.78 is 0. The lowest BCUT2D eigenvalue weighted by Gasteiger charge is -2.45. The standard InChI is InChI=1S/C23H19Cl2N3O2/c1-14(29)28-22(30)27-20-4-2-3-9-23(20,28)21(16-7-5-15(13-26)6-8-16)17-10-18(24)12-19(25)11-17/h4-8,10-12,21H,2-3,9H2,1H3,(H,27,30). The third kappa shape index (κ3) is 3.27.